The molecule has 8 heteroatoms. The summed E-state index contributed by atoms with van der Waals surface area (Å²) in [4.78, 5) is 16.2. The first-order chi connectivity index (χ1) is 13.9. The number of rotatable bonds is 5. The molecule has 1 aromatic carbocycles. The lowest BCUT2D eigenvalue weighted by molar-refractivity contribution is 0.100. The Hall–Kier alpha value is -3.13. The van der Waals surface area contributed by atoms with E-state index in [9.17, 15) is 9.18 Å². The Balaban J connectivity index is 1.67. The van der Waals surface area contributed by atoms with E-state index in [1.165, 1.54) is 0 Å². The molecule has 1 amide bonds. The van der Waals surface area contributed by atoms with Gasteiger partial charge in [0, 0.05) is 41.9 Å². The lowest BCUT2D eigenvalue weighted by atomic mass is 9.91. The molecule has 1 fully saturated rings. The lowest BCUT2D eigenvalue weighted by Crippen LogP contribution is -2.43. The van der Waals surface area contributed by atoms with Crippen molar-refractivity contribution in [1.82, 2.24) is 9.55 Å². The highest BCUT2D eigenvalue weighted by atomic mass is 19.1. The van der Waals surface area contributed by atoms with Crippen molar-refractivity contribution in [1.29, 1.82) is 0 Å². The number of amides is 1. The topological polar surface area (TPSA) is 111 Å². The highest BCUT2D eigenvalue weighted by Crippen LogP contribution is 2.28. The van der Waals surface area contributed by atoms with E-state index in [1.54, 1.807) is 0 Å². The molecule has 0 aliphatic heterocycles. The van der Waals surface area contributed by atoms with Gasteiger partial charge in [0.1, 0.15) is 5.82 Å². The van der Waals surface area contributed by atoms with Gasteiger partial charge in [-0.05, 0) is 43.2 Å². The maximum atomic E-state index is 14.6. The third-order valence-electron chi connectivity index (χ3n) is 5.53. The van der Waals surface area contributed by atoms with Crippen LogP contribution >= 0.6 is 0 Å². The summed E-state index contributed by atoms with van der Waals surface area (Å²) in [5.74, 6) is -1.09. The van der Waals surface area contributed by atoms with E-state index in [1.807, 2.05) is 42.1 Å². The van der Waals surface area contributed by atoms with E-state index < -0.39 is 11.7 Å². The SMILES string of the molecule is Cn1ccc2cc(Nc3nc(NC4CCCCC4N)c(F)cc3C(N)=O)ccc21. The van der Waals surface area contributed by atoms with Gasteiger partial charge < -0.3 is 26.7 Å². The van der Waals surface area contributed by atoms with Crippen LogP contribution in [0.25, 0.3) is 10.9 Å². The van der Waals surface area contributed by atoms with Gasteiger partial charge in [-0.2, -0.15) is 0 Å². The lowest BCUT2D eigenvalue weighted by Gasteiger charge is -2.30. The number of anilines is 3. The summed E-state index contributed by atoms with van der Waals surface area (Å²) in [5.41, 5.74) is 13.4. The molecular weight excluding hydrogens is 371 g/mol. The Bertz CT molecular complexity index is 1060. The molecule has 2 unspecified atom stereocenters. The minimum Gasteiger partial charge on any atom is -0.365 e. The van der Waals surface area contributed by atoms with Crippen LogP contribution < -0.4 is 22.1 Å². The third-order valence-corrected chi connectivity index (χ3v) is 5.53. The third kappa shape index (κ3) is 3.88. The maximum absolute atomic E-state index is 14.6. The average molecular weight is 396 g/mol. The van der Waals surface area contributed by atoms with Crippen molar-refractivity contribution in [2.45, 2.75) is 37.8 Å². The molecule has 2 heterocycles. The standard InChI is InChI=1S/C21H25FN6O/c1-28-9-8-12-10-13(6-7-18(12)28)25-20-14(19(24)29)11-15(22)21(27-20)26-17-5-3-2-4-16(17)23/h6-11,16-17H,2-5,23H2,1H3,(H2,24,29)(H2,25,26,27). The molecule has 29 heavy (non-hydrogen) atoms. The molecule has 2 aromatic heterocycles. The molecule has 6 N–H and O–H groups in total. The summed E-state index contributed by atoms with van der Waals surface area (Å²) < 4.78 is 16.6. The molecule has 4 rings (SSSR count). The van der Waals surface area contributed by atoms with Crippen molar-refractivity contribution in [2.75, 3.05) is 10.6 Å². The number of nitrogens with zero attached hydrogens (tertiary/aromatic N) is 2. The van der Waals surface area contributed by atoms with E-state index in [0.29, 0.717) is 0 Å². The van der Waals surface area contributed by atoms with Gasteiger partial charge in [-0.3, -0.25) is 4.79 Å². The minimum absolute atomic E-state index is 0.00542. The summed E-state index contributed by atoms with van der Waals surface area (Å²) in [6.07, 6.45) is 5.82. The van der Waals surface area contributed by atoms with Crippen molar-refractivity contribution in [3.8, 4) is 0 Å². The number of benzene rings is 1. The molecular formula is C21H25FN6O. The molecule has 0 bridgehead atoms. The number of fused-ring (bicyclic) bond motifs is 1. The summed E-state index contributed by atoms with van der Waals surface area (Å²) in [5, 5.41) is 7.26. The number of aryl methyl sites for hydroxylation is 1. The second-order valence-corrected chi connectivity index (χ2v) is 7.60. The van der Waals surface area contributed by atoms with Gasteiger partial charge in [-0.1, -0.05) is 12.8 Å². The first kappa shape index (κ1) is 19.2. The molecule has 7 nitrogen and oxygen atoms in total. The monoisotopic (exact) mass is 396 g/mol. The first-order valence-corrected chi connectivity index (χ1v) is 9.77. The number of nitrogens with two attached hydrogens (primary N) is 2. The molecule has 1 aliphatic rings. The Morgan fingerprint density at radius 2 is 2.00 bits per heavy atom. The molecule has 1 aliphatic carbocycles. The Labute approximate surface area is 168 Å². The number of halogens is 1. The van der Waals surface area contributed by atoms with Crippen LogP contribution in [0.3, 0.4) is 0 Å². The van der Waals surface area contributed by atoms with Crippen LogP contribution in [-0.4, -0.2) is 27.5 Å². The highest BCUT2D eigenvalue weighted by Gasteiger charge is 2.24. The number of hydrogen-bond donors (Lipinski definition) is 4. The normalized spacial score (nSPS) is 19.3. The Morgan fingerprint density at radius 1 is 1.21 bits per heavy atom. The molecule has 1 saturated carbocycles. The Kier molecular flexibility index (Phi) is 5.10. The van der Waals surface area contributed by atoms with Crippen LogP contribution in [0.4, 0.5) is 21.7 Å². The fourth-order valence-electron chi connectivity index (χ4n) is 3.88. The van der Waals surface area contributed by atoms with Crippen molar-refractivity contribution in [3.05, 3.63) is 47.9 Å². The van der Waals surface area contributed by atoms with Gasteiger partial charge in [-0.15, -0.1) is 0 Å². The number of primary amides is 1. The van der Waals surface area contributed by atoms with Gasteiger partial charge in [0.15, 0.2) is 11.6 Å². The summed E-state index contributed by atoms with van der Waals surface area (Å²) in [7, 11) is 1.97. The zero-order valence-corrected chi connectivity index (χ0v) is 16.3. The molecule has 0 spiro atoms. The Morgan fingerprint density at radius 3 is 2.76 bits per heavy atom. The van der Waals surface area contributed by atoms with Crippen LogP contribution in [0.5, 0.6) is 0 Å². The number of pyridine rings is 1. The fourth-order valence-corrected chi connectivity index (χ4v) is 3.88. The maximum Gasteiger partial charge on any atom is 0.252 e. The molecule has 0 radical (unpaired) electrons. The second-order valence-electron chi connectivity index (χ2n) is 7.60. The summed E-state index contributed by atoms with van der Waals surface area (Å²) in [6, 6.07) is 8.78. The first-order valence-electron chi connectivity index (χ1n) is 9.77. The number of hydrogen-bond acceptors (Lipinski definition) is 5. The quantitative estimate of drug-likeness (QED) is 0.529. The predicted molar refractivity (Wildman–Crippen MR) is 113 cm³/mol. The zero-order valence-electron chi connectivity index (χ0n) is 16.3. The van der Waals surface area contributed by atoms with Crippen LogP contribution in [0.1, 0.15) is 36.0 Å². The van der Waals surface area contributed by atoms with Crippen LogP contribution in [-0.2, 0) is 7.05 Å². The van der Waals surface area contributed by atoms with Gasteiger partial charge in [0.05, 0.1) is 5.56 Å². The minimum atomic E-state index is -0.749. The fraction of sp³-hybridized carbons (Fsp3) is 0.333. The molecule has 2 atom stereocenters. The summed E-state index contributed by atoms with van der Waals surface area (Å²) in [6.45, 7) is 0. The van der Waals surface area contributed by atoms with E-state index in [4.69, 9.17) is 11.5 Å². The van der Waals surface area contributed by atoms with Crippen LogP contribution in [0.2, 0.25) is 0 Å². The molecule has 0 saturated heterocycles. The van der Waals surface area contributed by atoms with Crippen molar-refractivity contribution in [3.63, 3.8) is 0 Å². The number of carbonyl (C=O) groups is 1. The van der Waals surface area contributed by atoms with Crippen molar-refractivity contribution >= 4 is 34.1 Å². The largest absolute Gasteiger partial charge is 0.365 e. The van der Waals surface area contributed by atoms with Crippen LogP contribution in [0.15, 0.2) is 36.5 Å². The van der Waals surface area contributed by atoms with E-state index in [0.717, 1.165) is 48.3 Å². The van der Waals surface area contributed by atoms with Crippen molar-refractivity contribution < 1.29 is 9.18 Å². The average Bonchev–Trinajstić information content (AvgIpc) is 3.06. The molecule has 152 valence electrons. The zero-order chi connectivity index (χ0) is 20.5. The van der Waals surface area contributed by atoms with E-state index in [2.05, 4.69) is 15.6 Å². The second kappa shape index (κ2) is 7.71. The number of carbonyl (C=O) groups excluding carboxylic acids is 1. The van der Waals surface area contributed by atoms with Gasteiger partial charge in [-0.25, -0.2) is 9.37 Å². The van der Waals surface area contributed by atoms with E-state index in [-0.39, 0.29) is 29.3 Å². The molecule has 3 aromatic rings. The number of aromatic nitrogens is 2. The van der Waals surface area contributed by atoms with Gasteiger partial charge in [0.2, 0.25) is 0 Å². The highest BCUT2D eigenvalue weighted by molar-refractivity contribution is 5.99. The van der Waals surface area contributed by atoms with Gasteiger partial charge >= 0.3 is 0 Å². The smallest absolute Gasteiger partial charge is 0.252 e. The van der Waals surface area contributed by atoms with Gasteiger partial charge in [0.25, 0.3) is 5.91 Å². The summed E-state index contributed by atoms with van der Waals surface area (Å²) >= 11 is 0. The predicted octanol–water partition coefficient (Wildman–Crippen LogP) is 3.24. The van der Waals surface area contributed by atoms with Crippen molar-refractivity contribution in [2.24, 2.45) is 18.5 Å². The van der Waals surface area contributed by atoms with E-state index >= 15 is 0 Å². The van der Waals surface area contributed by atoms with Crippen LogP contribution in [0, 0.1) is 5.82 Å². The number of nitrogens with one attached hydrogen (secondary N) is 2.